The molecule has 220 valence electrons. The van der Waals surface area contributed by atoms with Crippen molar-refractivity contribution in [3.05, 3.63) is 53.6 Å². The van der Waals surface area contributed by atoms with E-state index in [9.17, 15) is 9.59 Å². The predicted molar refractivity (Wildman–Crippen MR) is 154 cm³/mol. The molecule has 0 radical (unpaired) electrons. The second kappa shape index (κ2) is 13.4. The molecule has 2 heterocycles. The molecule has 10 heteroatoms. The Labute approximate surface area is 241 Å². The van der Waals surface area contributed by atoms with Crippen LogP contribution in [-0.4, -0.2) is 99.6 Å². The van der Waals surface area contributed by atoms with Crippen molar-refractivity contribution in [2.24, 2.45) is 11.0 Å². The van der Waals surface area contributed by atoms with Gasteiger partial charge in [-0.05, 0) is 60.4 Å². The summed E-state index contributed by atoms with van der Waals surface area (Å²) < 4.78 is 21.8. The van der Waals surface area contributed by atoms with Crippen molar-refractivity contribution >= 4 is 17.5 Å². The van der Waals surface area contributed by atoms with Gasteiger partial charge >= 0.3 is 0 Å². The van der Waals surface area contributed by atoms with E-state index in [2.05, 4.69) is 4.90 Å². The first-order valence-electron chi connectivity index (χ1n) is 14.4. The van der Waals surface area contributed by atoms with Crippen LogP contribution < -0.4 is 14.2 Å². The lowest BCUT2D eigenvalue weighted by molar-refractivity contribution is -0.145. The zero-order valence-electron chi connectivity index (χ0n) is 24.2. The number of methoxy groups -OCH3 is 3. The number of amides is 2. The van der Waals surface area contributed by atoms with Crippen LogP contribution in [0.1, 0.15) is 42.9 Å². The van der Waals surface area contributed by atoms with Gasteiger partial charge in [0.25, 0.3) is 5.91 Å². The van der Waals surface area contributed by atoms with Crippen LogP contribution in [0.15, 0.2) is 47.6 Å². The second-order valence-corrected chi connectivity index (χ2v) is 10.7. The number of hydrazone groups is 1. The van der Waals surface area contributed by atoms with E-state index in [4.69, 9.17) is 24.0 Å². The highest BCUT2D eigenvalue weighted by Gasteiger charge is 2.37. The second-order valence-electron chi connectivity index (χ2n) is 10.7. The molecule has 2 aliphatic heterocycles. The fourth-order valence-electron chi connectivity index (χ4n) is 5.52. The van der Waals surface area contributed by atoms with Gasteiger partial charge in [-0.3, -0.25) is 14.5 Å². The van der Waals surface area contributed by atoms with Crippen molar-refractivity contribution < 1.29 is 28.5 Å². The van der Waals surface area contributed by atoms with Gasteiger partial charge in [0.05, 0.1) is 46.3 Å². The molecular weight excluding hydrogens is 524 g/mol. The first kappa shape index (κ1) is 28.9. The molecule has 1 saturated heterocycles. The average Bonchev–Trinajstić information content (AvgIpc) is 3.44. The number of benzene rings is 2. The molecular formula is C31H40N4O6. The standard InChI is InChI=1S/C31H40N4O6/c1-38-25-10-7-22(8-11-25)26-20-27(24-9-12-28(39-2)29(19-24)40-3)35(32-26)30(36)21-34(31(37)23-5-4-6-23)14-13-33-15-17-41-18-16-33/h7-12,19,23,27H,4-6,13-18,20-21H2,1-3H3. The molecule has 0 N–H and O–H groups in total. The molecule has 5 rings (SSSR count). The number of carbonyl (C=O) groups is 2. The van der Waals surface area contributed by atoms with Crippen LogP contribution in [0.2, 0.25) is 0 Å². The van der Waals surface area contributed by atoms with Gasteiger partial charge in [-0.1, -0.05) is 12.5 Å². The molecule has 2 aromatic rings. The summed E-state index contributed by atoms with van der Waals surface area (Å²) in [6.07, 6.45) is 3.36. The number of ether oxygens (including phenoxy) is 4. The maximum atomic E-state index is 14.0. The Morgan fingerprint density at radius 2 is 1.71 bits per heavy atom. The maximum Gasteiger partial charge on any atom is 0.262 e. The third kappa shape index (κ3) is 6.65. The molecule has 0 aromatic heterocycles. The molecule has 0 spiro atoms. The molecule has 2 aromatic carbocycles. The van der Waals surface area contributed by atoms with Crippen LogP contribution in [0.3, 0.4) is 0 Å². The molecule has 1 atom stereocenters. The van der Waals surface area contributed by atoms with Crippen molar-refractivity contribution in [1.82, 2.24) is 14.8 Å². The quantitative estimate of drug-likeness (QED) is 0.413. The Bertz CT molecular complexity index is 1240. The molecule has 0 bridgehead atoms. The van der Waals surface area contributed by atoms with E-state index in [-0.39, 0.29) is 30.3 Å². The van der Waals surface area contributed by atoms with E-state index in [1.807, 2.05) is 42.5 Å². The van der Waals surface area contributed by atoms with E-state index in [0.29, 0.717) is 44.2 Å². The Hall–Kier alpha value is -3.63. The minimum absolute atomic E-state index is 0.00562. The van der Waals surface area contributed by atoms with Crippen molar-refractivity contribution in [2.75, 3.05) is 67.3 Å². The van der Waals surface area contributed by atoms with Gasteiger partial charge in [-0.25, -0.2) is 5.01 Å². The number of hydrogen-bond donors (Lipinski definition) is 0. The van der Waals surface area contributed by atoms with Crippen LogP contribution in [-0.2, 0) is 14.3 Å². The van der Waals surface area contributed by atoms with Gasteiger partial charge in [0.2, 0.25) is 5.91 Å². The number of nitrogens with zero attached hydrogens (tertiary/aromatic N) is 4. The summed E-state index contributed by atoms with van der Waals surface area (Å²) in [6.45, 7) is 4.27. The largest absolute Gasteiger partial charge is 0.497 e. The topological polar surface area (TPSA) is 93.1 Å². The SMILES string of the molecule is COc1ccc(C2=NN(C(=O)CN(CCN3CCOCC3)C(=O)C3CCC3)C(c3ccc(OC)c(OC)c3)C2)cc1. The van der Waals surface area contributed by atoms with E-state index >= 15 is 0 Å². The van der Waals surface area contributed by atoms with Crippen molar-refractivity contribution in [3.8, 4) is 17.2 Å². The first-order valence-corrected chi connectivity index (χ1v) is 14.4. The highest BCUT2D eigenvalue weighted by molar-refractivity contribution is 6.03. The van der Waals surface area contributed by atoms with Crippen molar-refractivity contribution in [3.63, 3.8) is 0 Å². The molecule has 1 saturated carbocycles. The van der Waals surface area contributed by atoms with Crippen LogP contribution in [0.25, 0.3) is 0 Å². The Kier molecular flexibility index (Phi) is 9.41. The smallest absolute Gasteiger partial charge is 0.262 e. The molecule has 41 heavy (non-hydrogen) atoms. The van der Waals surface area contributed by atoms with E-state index in [0.717, 1.165) is 54.9 Å². The lowest BCUT2D eigenvalue weighted by atomic mass is 9.84. The van der Waals surface area contributed by atoms with Crippen LogP contribution in [0.5, 0.6) is 17.2 Å². The molecule has 2 fully saturated rings. The fourth-order valence-corrected chi connectivity index (χ4v) is 5.52. The van der Waals surface area contributed by atoms with Crippen molar-refractivity contribution in [2.45, 2.75) is 31.7 Å². The molecule has 2 amide bonds. The first-order chi connectivity index (χ1) is 20.0. The van der Waals surface area contributed by atoms with Crippen molar-refractivity contribution in [1.29, 1.82) is 0 Å². The number of morpholine rings is 1. The van der Waals surface area contributed by atoms with Gasteiger partial charge in [0, 0.05) is 38.5 Å². The Balaban J connectivity index is 1.40. The number of hydrogen-bond acceptors (Lipinski definition) is 8. The zero-order valence-corrected chi connectivity index (χ0v) is 24.2. The Morgan fingerprint density at radius 1 is 0.976 bits per heavy atom. The predicted octanol–water partition coefficient (Wildman–Crippen LogP) is 3.35. The summed E-state index contributed by atoms with van der Waals surface area (Å²) in [5.41, 5.74) is 2.60. The van der Waals surface area contributed by atoms with E-state index in [1.165, 1.54) is 0 Å². The zero-order chi connectivity index (χ0) is 28.8. The Morgan fingerprint density at radius 3 is 2.34 bits per heavy atom. The minimum Gasteiger partial charge on any atom is -0.497 e. The highest BCUT2D eigenvalue weighted by atomic mass is 16.5. The monoisotopic (exact) mass is 564 g/mol. The summed E-state index contributed by atoms with van der Waals surface area (Å²) in [7, 11) is 4.82. The highest BCUT2D eigenvalue weighted by Crippen LogP contribution is 2.38. The summed E-state index contributed by atoms with van der Waals surface area (Å²) in [4.78, 5) is 31.5. The number of rotatable bonds is 11. The van der Waals surface area contributed by atoms with Gasteiger partial charge in [0.1, 0.15) is 12.3 Å². The van der Waals surface area contributed by atoms with E-state index in [1.54, 1.807) is 31.2 Å². The average molecular weight is 565 g/mol. The lowest BCUT2D eigenvalue weighted by Gasteiger charge is -2.34. The van der Waals surface area contributed by atoms with Crippen LogP contribution >= 0.6 is 0 Å². The van der Waals surface area contributed by atoms with E-state index < -0.39 is 0 Å². The maximum absolute atomic E-state index is 14.0. The summed E-state index contributed by atoms with van der Waals surface area (Å²) in [5.74, 6) is 1.82. The van der Waals surface area contributed by atoms with Crippen LogP contribution in [0.4, 0.5) is 0 Å². The van der Waals surface area contributed by atoms with Gasteiger partial charge in [-0.15, -0.1) is 0 Å². The number of carbonyl (C=O) groups excluding carboxylic acids is 2. The summed E-state index contributed by atoms with van der Waals surface area (Å²) >= 11 is 0. The molecule has 1 unspecified atom stereocenters. The van der Waals surface area contributed by atoms with Gasteiger partial charge in [0.15, 0.2) is 11.5 Å². The molecule has 10 nitrogen and oxygen atoms in total. The van der Waals surface area contributed by atoms with Crippen LogP contribution in [0, 0.1) is 5.92 Å². The minimum atomic E-state index is -0.348. The summed E-state index contributed by atoms with van der Waals surface area (Å²) in [5, 5.41) is 6.39. The molecule has 1 aliphatic carbocycles. The van der Waals surface area contributed by atoms with Gasteiger partial charge < -0.3 is 23.8 Å². The normalized spacial score (nSPS) is 19.3. The summed E-state index contributed by atoms with van der Waals surface area (Å²) in [6, 6.07) is 13.0. The third-order valence-electron chi connectivity index (χ3n) is 8.26. The molecule has 3 aliphatic rings. The van der Waals surface area contributed by atoms with Gasteiger partial charge in [-0.2, -0.15) is 5.10 Å². The fraction of sp³-hybridized carbons (Fsp3) is 0.516. The third-order valence-corrected chi connectivity index (χ3v) is 8.26. The lowest BCUT2D eigenvalue weighted by Crippen LogP contribution is -2.49.